The van der Waals surface area contributed by atoms with Crippen molar-refractivity contribution in [1.82, 2.24) is 15.0 Å². The molecular weight excluding hydrogens is 258 g/mol. The molecule has 2 N–H and O–H groups in total. The highest BCUT2D eigenvalue weighted by molar-refractivity contribution is 7.99. The Bertz CT molecular complexity index is 598. The molecule has 0 aliphatic carbocycles. The number of nitrogens with two attached hydrogens (primary N) is 1. The molecule has 100 valence electrons. The van der Waals surface area contributed by atoms with E-state index in [0.29, 0.717) is 11.1 Å². The van der Waals surface area contributed by atoms with Crippen molar-refractivity contribution < 1.29 is 0 Å². The van der Waals surface area contributed by atoms with Crippen LogP contribution in [0.5, 0.6) is 0 Å². The van der Waals surface area contributed by atoms with Crippen molar-refractivity contribution in [2.24, 2.45) is 0 Å². The Kier molecular flexibility index (Phi) is 3.90. The molecule has 6 heteroatoms. The molecule has 0 aliphatic rings. The van der Waals surface area contributed by atoms with E-state index in [1.165, 1.54) is 22.9 Å². The molecule has 0 spiro atoms. The Hall–Kier alpha value is -1.82. The summed E-state index contributed by atoms with van der Waals surface area (Å²) in [6, 6.07) is 6.30. The van der Waals surface area contributed by atoms with Crippen molar-refractivity contribution in [3.05, 3.63) is 29.3 Å². The van der Waals surface area contributed by atoms with Gasteiger partial charge in [-0.1, -0.05) is 12.1 Å². The third kappa shape index (κ3) is 3.35. The van der Waals surface area contributed by atoms with Gasteiger partial charge in [0.15, 0.2) is 5.16 Å². The summed E-state index contributed by atoms with van der Waals surface area (Å²) in [4.78, 5) is 15.6. The van der Waals surface area contributed by atoms with Crippen LogP contribution < -0.4 is 10.6 Å². The summed E-state index contributed by atoms with van der Waals surface area (Å²) in [6.45, 7) is 4.13. The molecular formula is C13H17N5S. The zero-order valence-corrected chi connectivity index (χ0v) is 12.3. The SMILES string of the molecule is Cc1ccc(C)c(Sc2nc(N)nc(N(C)C)n2)c1. The summed E-state index contributed by atoms with van der Waals surface area (Å²) >= 11 is 1.51. The fourth-order valence-corrected chi connectivity index (χ4v) is 2.46. The quantitative estimate of drug-likeness (QED) is 0.927. The Labute approximate surface area is 117 Å². The summed E-state index contributed by atoms with van der Waals surface area (Å²) in [6.07, 6.45) is 0. The molecule has 2 aromatic rings. The first-order chi connectivity index (χ1) is 8.95. The predicted octanol–water partition coefficient (Wildman–Crippen LogP) is 2.29. The molecule has 1 aromatic heterocycles. The van der Waals surface area contributed by atoms with E-state index in [4.69, 9.17) is 5.73 Å². The second-order valence-corrected chi connectivity index (χ2v) is 5.55. The highest BCUT2D eigenvalue weighted by Crippen LogP contribution is 2.29. The molecule has 0 saturated carbocycles. The minimum Gasteiger partial charge on any atom is -0.368 e. The minimum atomic E-state index is 0.242. The number of aromatic nitrogens is 3. The maximum Gasteiger partial charge on any atom is 0.230 e. The molecule has 0 saturated heterocycles. The van der Waals surface area contributed by atoms with Gasteiger partial charge in [-0.3, -0.25) is 0 Å². The van der Waals surface area contributed by atoms with Crippen molar-refractivity contribution in [1.29, 1.82) is 0 Å². The summed E-state index contributed by atoms with van der Waals surface area (Å²) in [5.41, 5.74) is 8.12. The van der Waals surface area contributed by atoms with Gasteiger partial charge in [0.2, 0.25) is 11.9 Å². The molecule has 0 radical (unpaired) electrons. The lowest BCUT2D eigenvalue weighted by Gasteiger charge is -2.11. The molecule has 5 nitrogen and oxygen atoms in total. The molecule has 0 amide bonds. The number of anilines is 2. The van der Waals surface area contributed by atoms with E-state index >= 15 is 0 Å². The number of hydrogen-bond donors (Lipinski definition) is 1. The first-order valence-electron chi connectivity index (χ1n) is 5.89. The van der Waals surface area contributed by atoms with E-state index < -0.39 is 0 Å². The van der Waals surface area contributed by atoms with Gasteiger partial charge in [-0.25, -0.2) is 0 Å². The molecule has 1 heterocycles. The van der Waals surface area contributed by atoms with Gasteiger partial charge in [0.1, 0.15) is 0 Å². The molecule has 0 aliphatic heterocycles. The van der Waals surface area contributed by atoms with Gasteiger partial charge in [-0.05, 0) is 42.8 Å². The molecule has 0 unspecified atom stereocenters. The van der Waals surface area contributed by atoms with Crippen LogP contribution in [0.25, 0.3) is 0 Å². The van der Waals surface area contributed by atoms with Gasteiger partial charge >= 0.3 is 0 Å². The van der Waals surface area contributed by atoms with Crippen LogP contribution in [0.1, 0.15) is 11.1 Å². The van der Waals surface area contributed by atoms with E-state index in [1.807, 2.05) is 19.0 Å². The fourth-order valence-electron chi connectivity index (χ4n) is 1.52. The largest absolute Gasteiger partial charge is 0.368 e. The van der Waals surface area contributed by atoms with Gasteiger partial charge in [0, 0.05) is 19.0 Å². The van der Waals surface area contributed by atoms with Crippen LogP contribution in [0.3, 0.4) is 0 Å². The first kappa shape index (κ1) is 13.6. The highest BCUT2D eigenvalue weighted by Gasteiger charge is 2.09. The summed E-state index contributed by atoms with van der Waals surface area (Å²) in [5.74, 6) is 0.812. The van der Waals surface area contributed by atoms with Crippen LogP contribution in [0.4, 0.5) is 11.9 Å². The standard InChI is InChI=1S/C13H17N5S/c1-8-5-6-9(2)10(7-8)19-13-16-11(14)15-12(17-13)18(3)4/h5-7H,1-4H3,(H2,14,15,16,17). The fraction of sp³-hybridized carbons (Fsp3) is 0.308. The summed E-state index contributed by atoms with van der Waals surface area (Å²) in [7, 11) is 3.75. The Morgan fingerprint density at radius 1 is 1.11 bits per heavy atom. The topological polar surface area (TPSA) is 67.9 Å². The second-order valence-electron chi connectivity index (χ2n) is 4.54. The van der Waals surface area contributed by atoms with E-state index in [9.17, 15) is 0 Å². The summed E-state index contributed by atoms with van der Waals surface area (Å²) < 4.78 is 0. The third-order valence-electron chi connectivity index (χ3n) is 2.57. The normalized spacial score (nSPS) is 10.5. The van der Waals surface area contributed by atoms with Crippen molar-refractivity contribution in [3.63, 3.8) is 0 Å². The number of hydrogen-bond acceptors (Lipinski definition) is 6. The van der Waals surface area contributed by atoms with E-state index in [0.717, 1.165) is 4.90 Å². The number of aryl methyl sites for hydroxylation is 2. The lowest BCUT2D eigenvalue weighted by molar-refractivity contribution is 0.875. The van der Waals surface area contributed by atoms with Crippen molar-refractivity contribution >= 4 is 23.7 Å². The average Bonchev–Trinajstić information content (AvgIpc) is 2.33. The lowest BCUT2D eigenvalue weighted by Crippen LogP contribution is -2.15. The minimum absolute atomic E-state index is 0.242. The Morgan fingerprint density at radius 3 is 2.53 bits per heavy atom. The van der Waals surface area contributed by atoms with Gasteiger partial charge in [-0.2, -0.15) is 15.0 Å². The van der Waals surface area contributed by atoms with Crippen LogP contribution in [0.2, 0.25) is 0 Å². The van der Waals surface area contributed by atoms with Crippen LogP contribution in [0, 0.1) is 13.8 Å². The monoisotopic (exact) mass is 275 g/mol. The number of nitrogens with zero attached hydrogens (tertiary/aromatic N) is 4. The Morgan fingerprint density at radius 2 is 1.84 bits per heavy atom. The second kappa shape index (κ2) is 5.44. The first-order valence-corrected chi connectivity index (χ1v) is 6.71. The maximum absolute atomic E-state index is 5.72. The molecule has 1 aromatic carbocycles. The van der Waals surface area contributed by atoms with E-state index in [-0.39, 0.29) is 5.95 Å². The average molecular weight is 275 g/mol. The van der Waals surface area contributed by atoms with Crippen LogP contribution in [-0.4, -0.2) is 29.0 Å². The van der Waals surface area contributed by atoms with Gasteiger partial charge in [-0.15, -0.1) is 0 Å². The number of nitrogen functional groups attached to an aromatic ring is 1. The van der Waals surface area contributed by atoms with E-state index in [2.05, 4.69) is 47.0 Å². The lowest BCUT2D eigenvalue weighted by atomic mass is 10.2. The van der Waals surface area contributed by atoms with Crippen LogP contribution >= 0.6 is 11.8 Å². The number of benzene rings is 1. The number of rotatable bonds is 3. The van der Waals surface area contributed by atoms with Crippen molar-refractivity contribution in [2.75, 3.05) is 24.7 Å². The zero-order chi connectivity index (χ0) is 14.0. The molecule has 19 heavy (non-hydrogen) atoms. The van der Waals surface area contributed by atoms with E-state index in [1.54, 1.807) is 0 Å². The van der Waals surface area contributed by atoms with Gasteiger partial charge < -0.3 is 10.6 Å². The maximum atomic E-state index is 5.72. The van der Waals surface area contributed by atoms with Crippen molar-refractivity contribution in [2.45, 2.75) is 23.9 Å². The molecule has 0 bridgehead atoms. The van der Waals surface area contributed by atoms with Crippen LogP contribution in [-0.2, 0) is 0 Å². The Balaban J connectivity index is 2.35. The smallest absolute Gasteiger partial charge is 0.230 e. The predicted molar refractivity (Wildman–Crippen MR) is 78.6 cm³/mol. The molecule has 0 atom stereocenters. The molecule has 2 rings (SSSR count). The third-order valence-corrected chi connectivity index (χ3v) is 3.59. The molecule has 0 fully saturated rings. The van der Waals surface area contributed by atoms with Gasteiger partial charge in [0.05, 0.1) is 0 Å². The zero-order valence-electron chi connectivity index (χ0n) is 11.5. The summed E-state index contributed by atoms with van der Waals surface area (Å²) in [5, 5.41) is 0.616. The van der Waals surface area contributed by atoms with Crippen molar-refractivity contribution in [3.8, 4) is 0 Å². The van der Waals surface area contributed by atoms with Crippen LogP contribution in [0.15, 0.2) is 28.3 Å². The highest BCUT2D eigenvalue weighted by atomic mass is 32.2. The van der Waals surface area contributed by atoms with Gasteiger partial charge in [0.25, 0.3) is 0 Å².